The summed E-state index contributed by atoms with van der Waals surface area (Å²) in [5, 5.41) is 23.1. The lowest BCUT2D eigenvalue weighted by Gasteiger charge is -2.19. The second-order valence-electron chi connectivity index (χ2n) is 18.9. The van der Waals surface area contributed by atoms with E-state index in [2.05, 4.69) is 31.3 Å². The summed E-state index contributed by atoms with van der Waals surface area (Å²) in [7, 11) is 0. The van der Waals surface area contributed by atoms with Crippen molar-refractivity contribution in [1.29, 1.82) is 0 Å². The molecule has 0 aromatic heterocycles. The van der Waals surface area contributed by atoms with E-state index < -0.39 is 12.1 Å². The lowest BCUT2D eigenvalue weighted by atomic mass is 10.0. The number of hydrogen-bond acceptors (Lipinski definition) is 5. The Morgan fingerprint density at radius 1 is 0.435 bits per heavy atom. The minimum absolute atomic E-state index is 0.0368. The molecule has 1 amide bonds. The number of aliphatic hydroxyl groups excluding tert-OH is 2. The number of amides is 1. The van der Waals surface area contributed by atoms with Crippen LogP contribution in [0.15, 0.2) is 24.3 Å². The number of carbonyl (C=O) groups is 2. The van der Waals surface area contributed by atoms with Gasteiger partial charge in [0.15, 0.2) is 0 Å². The highest BCUT2D eigenvalue weighted by atomic mass is 16.5. The molecule has 0 aromatic rings. The number of hydrogen-bond donors (Lipinski definition) is 3. The van der Waals surface area contributed by atoms with Gasteiger partial charge >= 0.3 is 5.97 Å². The van der Waals surface area contributed by atoms with Crippen molar-refractivity contribution in [3.05, 3.63) is 24.3 Å². The van der Waals surface area contributed by atoms with E-state index in [-0.39, 0.29) is 18.5 Å². The summed E-state index contributed by atoms with van der Waals surface area (Å²) >= 11 is 0. The van der Waals surface area contributed by atoms with E-state index in [0.717, 1.165) is 70.6 Å². The monoisotopic (exact) mass is 874 g/mol. The predicted octanol–water partition coefficient (Wildman–Crippen LogP) is 16.7. The van der Waals surface area contributed by atoms with Gasteiger partial charge in [0.1, 0.15) is 0 Å². The van der Waals surface area contributed by atoms with Crippen LogP contribution < -0.4 is 5.32 Å². The Hall–Kier alpha value is -1.66. The van der Waals surface area contributed by atoms with Crippen molar-refractivity contribution in [2.75, 3.05) is 13.2 Å². The van der Waals surface area contributed by atoms with Gasteiger partial charge in [0.2, 0.25) is 5.91 Å². The van der Waals surface area contributed by atoms with Crippen LogP contribution in [0, 0.1) is 0 Å². The maximum atomic E-state index is 12.4. The zero-order chi connectivity index (χ0) is 45.1. The number of aliphatic hydroxyl groups is 2. The standard InChI is InChI=1S/C56H107NO5/c1-3-5-7-9-11-13-15-17-18-19-20-21-22-23-24-25-26-27-28-29-32-36-40-44-48-54(59)53(52-58)57-55(60)49-45-41-37-33-31-35-39-43-47-51-62-56(61)50-46-42-38-34-30-16-14-12-10-8-6-4-2/h33,37,44,48,53-54,58-59H,3-32,34-36,38-43,45-47,49-52H2,1-2H3,(H,57,60)/b37-33-,48-44+. The smallest absolute Gasteiger partial charge is 0.305 e. The number of rotatable bonds is 51. The number of ether oxygens (including phenoxy) is 1. The first kappa shape index (κ1) is 60.3. The molecule has 0 aliphatic heterocycles. The lowest BCUT2D eigenvalue weighted by molar-refractivity contribution is -0.143. The molecule has 0 saturated carbocycles. The van der Waals surface area contributed by atoms with E-state index in [1.165, 1.54) is 199 Å². The number of allylic oxidation sites excluding steroid dienone is 3. The molecular formula is C56H107NO5. The summed E-state index contributed by atoms with van der Waals surface area (Å²) < 4.78 is 5.43. The van der Waals surface area contributed by atoms with Crippen LogP contribution in [0.2, 0.25) is 0 Å². The van der Waals surface area contributed by atoms with Gasteiger partial charge in [-0.15, -0.1) is 0 Å². The van der Waals surface area contributed by atoms with Crippen molar-refractivity contribution in [2.45, 2.75) is 309 Å². The van der Waals surface area contributed by atoms with Gasteiger partial charge in [-0.05, 0) is 51.4 Å². The minimum Gasteiger partial charge on any atom is -0.466 e. The molecule has 0 aliphatic rings. The summed E-state index contributed by atoms with van der Waals surface area (Å²) in [5.41, 5.74) is 0. The van der Waals surface area contributed by atoms with Crippen LogP contribution >= 0.6 is 0 Å². The average Bonchev–Trinajstić information content (AvgIpc) is 3.27. The second-order valence-corrected chi connectivity index (χ2v) is 18.9. The summed E-state index contributed by atoms with van der Waals surface area (Å²) in [6.45, 7) is 4.82. The fourth-order valence-electron chi connectivity index (χ4n) is 8.46. The minimum atomic E-state index is -0.875. The fourth-order valence-corrected chi connectivity index (χ4v) is 8.46. The summed E-state index contributed by atoms with van der Waals surface area (Å²) in [5.74, 6) is -0.162. The molecule has 2 unspecified atom stereocenters. The quantitative estimate of drug-likeness (QED) is 0.0321. The molecule has 0 rings (SSSR count). The zero-order valence-corrected chi connectivity index (χ0v) is 41.6. The van der Waals surface area contributed by atoms with Gasteiger partial charge in [-0.2, -0.15) is 0 Å². The highest BCUT2D eigenvalue weighted by molar-refractivity contribution is 5.76. The maximum absolute atomic E-state index is 12.4. The molecule has 0 bridgehead atoms. The normalized spacial score (nSPS) is 12.8. The van der Waals surface area contributed by atoms with Gasteiger partial charge in [0, 0.05) is 12.8 Å². The SMILES string of the molecule is CCCCCCCCCCCCCCCCCCCCCCCC/C=C/C(O)C(CO)NC(=O)CCC/C=C\CCCCCCOC(=O)CCCCCCCCCCCCCC. The Balaban J connectivity index is 3.55. The molecular weight excluding hydrogens is 767 g/mol. The Kier molecular flexibility index (Phi) is 50.6. The van der Waals surface area contributed by atoms with Gasteiger partial charge < -0.3 is 20.3 Å². The van der Waals surface area contributed by atoms with Crippen LogP contribution in [0.4, 0.5) is 0 Å². The molecule has 0 saturated heterocycles. The molecule has 62 heavy (non-hydrogen) atoms. The topological polar surface area (TPSA) is 95.9 Å². The molecule has 0 spiro atoms. The Morgan fingerprint density at radius 2 is 0.774 bits per heavy atom. The molecule has 366 valence electrons. The zero-order valence-electron chi connectivity index (χ0n) is 41.6. The van der Waals surface area contributed by atoms with Crippen LogP contribution in [0.3, 0.4) is 0 Å². The van der Waals surface area contributed by atoms with E-state index in [9.17, 15) is 19.8 Å². The predicted molar refractivity (Wildman–Crippen MR) is 269 cm³/mol. The Labute approximate surface area is 386 Å². The molecule has 6 heteroatoms. The number of esters is 1. The summed E-state index contributed by atoms with van der Waals surface area (Å²) in [4.78, 5) is 24.4. The molecule has 0 aliphatic carbocycles. The highest BCUT2D eigenvalue weighted by Gasteiger charge is 2.18. The van der Waals surface area contributed by atoms with E-state index in [1.54, 1.807) is 6.08 Å². The van der Waals surface area contributed by atoms with Crippen molar-refractivity contribution in [3.63, 3.8) is 0 Å². The van der Waals surface area contributed by atoms with Crippen LogP contribution in [-0.4, -0.2) is 47.4 Å². The third kappa shape index (κ3) is 47.8. The Bertz CT molecular complexity index is 966. The van der Waals surface area contributed by atoms with Crippen molar-refractivity contribution in [2.24, 2.45) is 0 Å². The van der Waals surface area contributed by atoms with E-state index in [4.69, 9.17) is 4.74 Å². The van der Waals surface area contributed by atoms with E-state index in [1.807, 2.05) is 6.08 Å². The van der Waals surface area contributed by atoms with Crippen molar-refractivity contribution < 1.29 is 24.5 Å². The van der Waals surface area contributed by atoms with Crippen LogP contribution in [0.25, 0.3) is 0 Å². The highest BCUT2D eigenvalue weighted by Crippen LogP contribution is 2.17. The third-order valence-electron chi connectivity index (χ3n) is 12.7. The van der Waals surface area contributed by atoms with Crippen LogP contribution in [0.5, 0.6) is 0 Å². The molecule has 0 heterocycles. The summed E-state index contributed by atoms with van der Waals surface area (Å²) in [6.07, 6.45) is 62.0. The van der Waals surface area contributed by atoms with E-state index >= 15 is 0 Å². The second kappa shape index (κ2) is 52.0. The van der Waals surface area contributed by atoms with Crippen molar-refractivity contribution in [3.8, 4) is 0 Å². The first-order valence-electron chi connectivity index (χ1n) is 27.6. The van der Waals surface area contributed by atoms with Crippen LogP contribution in [0.1, 0.15) is 296 Å². The summed E-state index contributed by atoms with van der Waals surface area (Å²) in [6, 6.07) is -0.665. The largest absolute Gasteiger partial charge is 0.466 e. The maximum Gasteiger partial charge on any atom is 0.305 e. The molecule has 2 atom stereocenters. The molecule has 3 N–H and O–H groups in total. The number of carbonyl (C=O) groups excluding carboxylic acids is 2. The number of unbranched alkanes of at least 4 members (excludes halogenated alkanes) is 38. The van der Waals surface area contributed by atoms with E-state index in [0.29, 0.717) is 19.4 Å². The average molecular weight is 874 g/mol. The van der Waals surface area contributed by atoms with Gasteiger partial charge in [-0.3, -0.25) is 9.59 Å². The van der Waals surface area contributed by atoms with Crippen molar-refractivity contribution >= 4 is 11.9 Å². The fraction of sp³-hybridized carbons (Fsp3) is 0.893. The first-order chi connectivity index (χ1) is 30.5. The van der Waals surface area contributed by atoms with Gasteiger partial charge in [0.25, 0.3) is 0 Å². The van der Waals surface area contributed by atoms with Gasteiger partial charge in [0.05, 0.1) is 25.4 Å². The lowest BCUT2D eigenvalue weighted by Crippen LogP contribution is -2.45. The molecule has 0 fully saturated rings. The van der Waals surface area contributed by atoms with Gasteiger partial charge in [-0.1, -0.05) is 256 Å². The third-order valence-corrected chi connectivity index (χ3v) is 12.7. The van der Waals surface area contributed by atoms with Crippen molar-refractivity contribution in [1.82, 2.24) is 5.32 Å². The molecule has 0 radical (unpaired) electrons. The molecule has 6 nitrogen and oxygen atoms in total. The number of nitrogens with one attached hydrogen (secondary N) is 1. The Morgan fingerprint density at radius 3 is 1.18 bits per heavy atom. The van der Waals surface area contributed by atoms with Crippen LogP contribution in [-0.2, 0) is 14.3 Å². The molecule has 0 aromatic carbocycles. The van der Waals surface area contributed by atoms with Gasteiger partial charge in [-0.25, -0.2) is 0 Å². The first-order valence-corrected chi connectivity index (χ1v) is 27.6.